The minimum absolute atomic E-state index is 0.103. The Kier molecular flexibility index (Phi) is 8.60. The fourth-order valence-corrected chi connectivity index (χ4v) is 3.84. The van der Waals surface area contributed by atoms with Gasteiger partial charge in [-0.25, -0.2) is 9.59 Å². The number of hydrogen-bond acceptors (Lipinski definition) is 5. The fourth-order valence-electron chi connectivity index (χ4n) is 3.84. The Bertz CT molecular complexity index is 902. The van der Waals surface area contributed by atoms with Gasteiger partial charge in [-0.05, 0) is 57.7 Å². The van der Waals surface area contributed by atoms with Crippen molar-refractivity contribution in [3.05, 3.63) is 35.4 Å². The molecule has 1 unspecified atom stereocenters. The number of amides is 2. The van der Waals surface area contributed by atoms with Crippen LogP contribution in [-0.4, -0.2) is 58.8 Å². The molecule has 33 heavy (non-hydrogen) atoms. The van der Waals surface area contributed by atoms with Gasteiger partial charge in [0.05, 0.1) is 18.0 Å². The second-order valence-corrected chi connectivity index (χ2v) is 9.20. The Balaban J connectivity index is 2.59. The number of carboxylic acids is 1. The summed E-state index contributed by atoms with van der Waals surface area (Å²) in [6, 6.07) is 5.82. The minimum atomic E-state index is -1.07. The van der Waals surface area contributed by atoms with Crippen LogP contribution in [0.5, 0.6) is 0 Å². The summed E-state index contributed by atoms with van der Waals surface area (Å²) in [6.07, 6.45) is 1.11. The first kappa shape index (κ1) is 26.3. The number of aliphatic imine (C=N–C) groups is 1. The molecule has 1 aliphatic rings. The molecule has 1 heterocycles. The van der Waals surface area contributed by atoms with Crippen LogP contribution in [0.1, 0.15) is 82.3 Å². The lowest BCUT2D eigenvalue weighted by Crippen LogP contribution is -2.63. The molecule has 0 aromatic heterocycles. The van der Waals surface area contributed by atoms with Gasteiger partial charge in [0.25, 0.3) is 0 Å². The molecule has 0 spiro atoms. The molecule has 0 aliphatic carbocycles. The minimum Gasteiger partial charge on any atom is -0.478 e. The number of hydrogen-bond donors (Lipinski definition) is 2. The van der Waals surface area contributed by atoms with Gasteiger partial charge in [0, 0.05) is 19.3 Å². The summed E-state index contributed by atoms with van der Waals surface area (Å²) in [5.74, 6) is -1.17. The van der Waals surface area contributed by atoms with E-state index in [0.29, 0.717) is 31.4 Å². The van der Waals surface area contributed by atoms with Crippen molar-refractivity contribution >= 4 is 23.9 Å². The standard InChI is InChI=1S/C24H35N3O6/c1-7-24(8-2)15-19(28)27(21(26-24)25-22(31)33-23(3,4)5)18(12-13-32-6)16-10-9-11-17(14-16)20(29)30/h9-11,14,18H,7-8,12-13,15H2,1-6H3,(H,29,30)(H,25,26,31). The molecule has 1 aliphatic heterocycles. The van der Waals surface area contributed by atoms with Gasteiger partial charge >= 0.3 is 12.1 Å². The first-order chi connectivity index (χ1) is 15.4. The van der Waals surface area contributed by atoms with Gasteiger partial charge in [0.1, 0.15) is 5.60 Å². The molecule has 2 amide bonds. The Labute approximate surface area is 195 Å². The molecule has 1 atom stereocenters. The van der Waals surface area contributed by atoms with E-state index in [1.807, 2.05) is 13.8 Å². The Morgan fingerprint density at radius 3 is 2.48 bits per heavy atom. The van der Waals surface area contributed by atoms with Crippen LogP contribution in [0.2, 0.25) is 0 Å². The number of ether oxygens (including phenoxy) is 2. The number of guanidine groups is 1. The predicted octanol–water partition coefficient (Wildman–Crippen LogP) is 4.13. The third-order valence-corrected chi connectivity index (χ3v) is 5.73. The number of carbonyl (C=O) groups is 3. The summed E-state index contributed by atoms with van der Waals surface area (Å²) in [4.78, 5) is 43.2. The van der Waals surface area contributed by atoms with Gasteiger partial charge in [-0.2, -0.15) is 0 Å². The molecule has 0 saturated carbocycles. The van der Waals surface area contributed by atoms with Crippen molar-refractivity contribution in [2.75, 3.05) is 13.7 Å². The molecule has 1 aromatic rings. The molecule has 2 rings (SSSR count). The van der Waals surface area contributed by atoms with Crippen LogP contribution in [0, 0.1) is 0 Å². The number of methoxy groups -OCH3 is 1. The Morgan fingerprint density at radius 1 is 1.27 bits per heavy atom. The highest BCUT2D eigenvalue weighted by molar-refractivity contribution is 6.04. The van der Waals surface area contributed by atoms with Gasteiger partial charge in [-0.1, -0.05) is 26.0 Å². The molecule has 9 nitrogen and oxygen atoms in total. The smallest absolute Gasteiger partial charge is 0.437 e. The number of benzene rings is 1. The van der Waals surface area contributed by atoms with Crippen LogP contribution < -0.4 is 5.32 Å². The maximum absolute atomic E-state index is 13.5. The van der Waals surface area contributed by atoms with Crippen molar-refractivity contribution in [3.8, 4) is 0 Å². The SMILES string of the molecule is CCC1(CC)CC(=O)N(C(CCOC)c2cccc(C(=O)O)c2)C(=NC(=O)OC(C)(C)C)N1. The summed E-state index contributed by atoms with van der Waals surface area (Å²) in [5.41, 5.74) is -0.569. The summed E-state index contributed by atoms with van der Waals surface area (Å²) >= 11 is 0. The van der Waals surface area contributed by atoms with E-state index in [9.17, 15) is 19.5 Å². The fraction of sp³-hybridized carbons (Fsp3) is 0.583. The maximum atomic E-state index is 13.5. The Morgan fingerprint density at radius 2 is 1.94 bits per heavy atom. The molecule has 1 aromatic carbocycles. The quantitative estimate of drug-likeness (QED) is 0.597. The third-order valence-electron chi connectivity index (χ3n) is 5.73. The van der Waals surface area contributed by atoms with Crippen molar-refractivity contribution in [3.63, 3.8) is 0 Å². The van der Waals surface area contributed by atoms with Crippen molar-refractivity contribution < 1.29 is 29.0 Å². The van der Waals surface area contributed by atoms with Gasteiger partial charge < -0.3 is 19.9 Å². The van der Waals surface area contributed by atoms with Crippen LogP contribution in [0.4, 0.5) is 4.79 Å². The molecule has 1 fully saturated rings. The van der Waals surface area contributed by atoms with Gasteiger partial charge in [0.15, 0.2) is 0 Å². The first-order valence-electron chi connectivity index (χ1n) is 11.2. The molecular weight excluding hydrogens is 426 g/mol. The number of nitrogens with one attached hydrogen (secondary N) is 1. The topological polar surface area (TPSA) is 118 Å². The maximum Gasteiger partial charge on any atom is 0.437 e. The number of carboxylic acid groups (broad SMARTS) is 1. The second-order valence-electron chi connectivity index (χ2n) is 9.20. The lowest BCUT2D eigenvalue weighted by atomic mass is 9.86. The average molecular weight is 462 g/mol. The van der Waals surface area contributed by atoms with E-state index in [2.05, 4.69) is 10.3 Å². The van der Waals surface area contributed by atoms with Crippen LogP contribution in [0.3, 0.4) is 0 Å². The van der Waals surface area contributed by atoms with E-state index in [0.717, 1.165) is 0 Å². The molecule has 182 valence electrons. The van der Waals surface area contributed by atoms with E-state index in [1.165, 1.54) is 17.0 Å². The van der Waals surface area contributed by atoms with E-state index in [-0.39, 0.29) is 23.9 Å². The number of aromatic carboxylic acids is 1. The number of rotatable bonds is 8. The molecule has 2 N–H and O–H groups in total. The lowest BCUT2D eigenvalue weighted by Gasteiger charge is -2.45. The van der Waals surface area contributed by atoms with Crippen molar-refractivity contribution in [2.24, 2.45) is 4.99 Å². The summed E-state index contributed by atoms with van der Waals surface area (Å²) in [5, 5.41) is 12.8. The van der Waals surface area contributed by atoms with Gasteiger partial charge in [-0.3, -0.25) is 9.69 Å². The normalized spacial score (nSPS) is 18.1. The third kappa shape index (κ3) is 6.77. The summed E-state index contributed by atoms with van der Waals surface area (Å²) in [6.45, 7) is 9.49. The zero-order valence-corrected chi connectivity index (χ0v) is 20.3. The first-order valence-corrected chi connectivity index (χ1v) is 11.2. The van der Waals surface area contributed by atoms with E-state index in [4.69, 9.17) is 9.47 Å². The van der Waals surface area contributed by atoms with Crippen LogP contribution in [0.15, 0.2) is 29.3 Å². The van der Waals surface area contributed by atoms with Crippen LogP contribution >= 0.6 is 0 Å². The monoisotopic (exact) mass is 461 g/mol. The average Bonchev–Trinajstić information content (AvgIpc) is 2.74. The highest BCUT2D eigenvalue weighted by atomic mass is 16.6. The largest absolute Gasteiger partial charge is 0.478 e. The molecule has 0 radical (unpaired) electrons. The van der Waals surface area contributed by atoms with Crippen molar-refractivity contribution in [2.45, 2.75) is 77.5 Å². The molecule has 9 heteroatoms. The summed E-state index contributed by atoms with van der Waals surface area (Å²) < 4.78 is 10.6. The molecule has 1 saturated heterocycles. The van der Waals surface area contributed by atoms with Crippen LogP contribution in [0.25, 0.3) is 0 Å². The zero-order chi connectivity index (χ0) is 24.8. The van der Waals surface area contributed by atoms with Gasteiger partial charge in [-0.15, -0.1) is 4.99 Å². The van der Waals surface area contributed by atoms with E-state index >= 15 is 0 Å². The number of nitrogens with zero attached hydrogens (tertiary/aromatic N) is 2. The summed E-state index contributed by atoms with van der Waals surface area (Å²) in [7, 11) is 1.55. The van der Waals surface area contributed by atoms with Crippen molar-refractivity contribution in [1.29, 1.82) is 0 Å². The van der Waals surface area contributed by atoms with E-state index in [1.54, 1.807) is 40.0 Å². The predicted molar refractivity (Wildman–Crippen MR) is 124 cm³/mol. The Hall–Kier alpha value is -2.94. The lowest BCUT2D eigenvalue weighted by molar-refractivity contribution is -0.133. The highest BCUT2D eigenvalue weighted by Gasteiger charge is 2.43. The van der Waals surface area contributed by atoms with Crippen molar-refractivity contribution in [1.82, 2.24) is 10.2 Å². The van der Waals surface area contributed by atoms with E-state index < -0.39 is 29.2 Å². The molecule has 0 bridgehead atoms. The zero-order valence-electron chi connectivity index (χ0n) is 20.3. The molecular formula is C24H35N3O6. The second kappa shape index (κ2) is 10.8. The highest BCUT2D eigenvalue weighted by Crippen LogP contribution is 2.33. The number of carbonyl (C=O) groups excluding carboxylic acids is 2. The van der Waals surface area contributed by atoms with Gasteiger partial charge in [0.2, 0.25) is 11.9 Å². The van der Waals surface area contributed by atoms with Crippen LogP contribution in [-0.2, 0) is 14.3 Å².